The minimum absolute atomic E-state index is 0.0636. The number of hydrogen-bond acceptors (Lipinski definition) is 3. The standard InChI is InChI=1S/C14H17BF4O3/c1-12(2)13(3,4)22-15(21-12)9-6-10(16)11(20)5-8(9)7-14(17,18)19/h5-6,20H,7H2,1-4H3. The van der Waals surface area contributed by atoms with Crippen LogP contribution in [0.5, 0.6) is 5.75 Å². The van der Waals surface area contributed by atoms with Crippen LogP contribution in [0.15, 0.2) is 12.1 Å². The summed E-state index contributed by atoms with van der Waals surface area (Å²) in [6.45, 7) is 6.97. The van der Waals surface area contributed by atoms with Crippen molar-refractivity contribution in [3.63, 3.8) is 0 Å². The molecule has 22 heavy (non-hydrogen) atoms. The van der Waals surface area contributed by atoms with E-state index in [1.165, 1.54) is 0 Å². The van der Waals surface area contributed by atoms with Gasteiger partial charge in [-0.05, 0) is 50.9 Å². The zero-order valence-corrected chi connectivity index (χ0v) is 12.7. The van der Waals surface area contributed by atoms with Crippen molar-refractivity contribution in [3.8, 4) is 5.75 Å². The maximum Gasteiger partial charge on any atom is 0.495 e. The molecule has 1 aliphatic rings. The number of alkyl halides is 3. The molecule has 1 heterocycles. The monoisotopic (exact) mass is 320 g/mol. The fraction of sp³-hybridized carbons (Fsp3) is 0.571. The molecule has 1 aliphatic heterocycles. The number of phenols is 1. The van der Waals surface area contributed by atoms with Crippen LogP contribution in [0.4, 0.5) is 17.6 Å². The van der Waals surface area contributed by atoms with Crippen molar-refractivity contribution in [2.24, 2.45) is 0 Å². The summed E-state index contributed by atoms with van der Waals surface area (Å²) < 4.78 is 63.0. The largest absolute Gasteiger partial charge is 0.505 e. The number of aromatic hydroxyl groups is 1. The lowest BCUT2D eigenvalue weighted by Gasteiger charge is -2.32. The van der Waals surface area contributed by atoms with Gasteiger partial charge in [-0.1, -0.05) is 0 Å². The second-order valence-corrected chi connectivity index (χ2v) is 6.38. The van der Waals surface area contributed by atoms with Crippen LogP contribution < -0.4 is 5.46 Å². The smallest absolute Gasteiger partial charge is 0.495 e. The lowest BCUT2D eigenvalue weighted by molar-refractivity contribution is -0.127. The summed E-state index contributed by atoms with van der Waals surface area (Å²) >= 11 is 0. The van der Waals surface area contributed by atoms with Crippen LogP contribution in [0.2, 0.25) is 0 Å². The van der Waals surface area contributed by atoms with Gasteiger partial charge in [-0.15, -0.1) is 0 Å². The fourth-order valence-electron chi connectivity index (χ4n) is 2.18. The lowest BCUT2D eigenvalue weighted by atomic mass is 9.75. The average Bonchev–Trinajstić information content (AvgIpc) is 2.50. The van der Waals surface area contributed by atoms with Gasteiger partial charge in [-0.2, -0.15) is 13.2 Å². The summed E-state index contributed by atoms with van der Waals surface area (Å²) in [6.07, 6.45) is -5.80. The van der Waals surface area contributed by atoms with E-state index in [1.54, 1.807) is 27.7 Å². The van der Waals surface area contributed by atoms with Gasteiger partial charge in [0.2, 0.25) is 0 Å². The van der Waals surface area contributed by atoms with E-state index in [-0.39, 0.29) is 11.0 Å². The molecule has 1 aromatic rings. The van der Waals surface area contributed by atoms with Crippen molar-refractivity contribution in [1.29, 1.82) is 0 Å². The van der Waals surface area contributed by atoms with Crippen molar-refractivity contribution in [1.82, 2.24) is 0 Å². The summed E-state index contributed by atoms with van der Waals surface area (Å²) in [4.78, 5) is 0. The highest BCUT2D eigenvalue weighted by atomic mass is 19.4. The molecule has 2 rings (SSSR count). The molecule has 1 saturated heterocycles. The molecule has 0 bridgehead atoms. The topological polar surface area (TPSA) is 38.7 Å². The molecule has 1 fully saturated rings. The molecule has 0 aromatic heterocycles. The first-order valence-corrected chi connectivity index (χ1v) is 6.76. The molecule has 0 radical (unpaired) electrons. The van der Waals surface area contributed by atoms with Crippen LogP contribution in [0.25, 0.3) is 0 Å². The number of benzene rings is 1. The Balaban J connectivity index is 2.45. The van der Waals surface area contributed by atoms with Crippen molar-refractivity contribution in [2.75, 3.05) is 0 Å². The Kier molecular flexibility index (Phi) is 3.98. The molecular formula is C14H17BF4O3. The number of halogens is 4. The van der Waals surface area contributed by atoms with Gasteiger partial charge in [0.1, 0.15) is 0 Å². The van der Waals surface area contributed by atoms with E-state index in [4.69, 9.17) is 9.31 Å². The summed E-state index contributed by atoms with van der Waals surface area (Å²) in [5.74, 6) is -1.85. The highest BCUT2D eigenvalue weighted by molar-refractivity contribution is 6.62. The Morgan fingerprint density at radius 1 is 1.09 bits per heavy atom. The van der Waals surface area contributed by atoms with Gasteiger partial charge in [0.05, 0.1) is 17.6 Å². The minimum Gasteiger partial charge on any atom is -0.505 e. The molecule has 0 unspecified atom stereocenters. The predicted octanol–water partition coefficient (Wildman–Crippen LogP) is 2.94. The molecule has 0 amide bonds. The second-order valence-electron chi connectivity index (χ2n) is 6.38. The third-order valence-corrected chi connectivity index (χ3v) is 4.11. The zero-order chi connectivity index (χ0) is 16.9. The van der Waals surface area contributed by atoms with E-state index >= 15 is 0 Å². The highest BCUT2D eigenvalue weighted by Crippen LogP contribution is 2.37. The molecule has 0 saturated carbocycles. The van der Waals surface area contributed by atoms with Crippen molar-refractivity contribution >= 4 is 12.6 Å². The Morgan fingerprint density at radius 2 is 1.59 bits per heavy atom. The zero-order valence-electron chi connectivity index (χ0n) is 12.7. The van der Waals surface area contributed by atoms with Crippen molar-refractivity contribution in [2.45, 2.75) is 51.5 Å². The van der Waals surface area contributed by atoms with Crippen molar-refractivity contribution in [3.05, 3.63) is 23.5 Å². The summed E-state index contributed by atoms with van der Waals surface area (Å²) in [6, 6.07) is 1.60. The lowest BCUT2D eigenvalue weighted by Crippen LogP contribution is -2.41. The van der Waals surface area contributed by atoms with Gasteiger partial charge in [0, 0.05) is 0 Å². The Labute approximate surface area is 126 Å². The first kappa shape index (κ1) is 17.1. The van der Waals surface area contributed by atoms with Gasteiger partial charge in [-0.3, -0.25) is 0 Å². The quantitative estimate of drug-likeness (QED) is 0.673. The van der Waals surface area contributed by atoms with Gasteiger partial charge < -0.3 is 14.4 Å². The normalized spacial score (nSPS) is 20.5. The summed E-state index contributed by atoms with van der Waals surface area (Å²) in [5.41, 5.74) is -1.86. The van der Waals surface area contributed by atoms with Crippen LogP contribution >= 0.6 is 0 Å². The Bertz CT molecular complexity index is 568. The molecule has 1 aromatic carbocycles. The first-order chi connectivity index (χ1) is 9.82. The number of rotatable bonds is 2. The van der Waals surface area contributed by atoms with Crippen LogP contribution in [-0.4, -0.2) is 29.6 Å². The van der Waals surface area contributed by atoms with Gasteiger partial charge in [-0.25, -0.2) is 4.39 Å². The molecule has 0 aliphatic carbocycles. The van der Waals surface area contributed by atoms with E-state index in [0.717, 1.165) is 12.1 Å². The third-order valence-electron chi connectivity index (χ3n) is 4.11. The van der Waals surface area contributed by atoms with E-state index in [2.05, 4.69) is 0 Å². The maximum absolute atomic E-state index is 13.6. The number of phenolic OH excluding ortho intramolecular Hbond substituents is 1. The van der Waals surface area contributed by atoms with E-state index in [1.807, 2.05) is 0 Å². The molecule has 0 spiro atoms. The molecule has 122 valence electrons. The fourth-order valence-corrected chi connectivity index (χ4v) is 2.18. The second kappa shape index (κ2) is 5.13. The molecule has 3 nitrogen and oxygen atoms in total. The SMILES string of the molecule is CC1(C)OB(c2cc(F)c(O)cc2CC(F)(F)F)OC1(C)C. The summed E-state index contributed by atoms with van der Waals surface area (Å²) in [7, 11) is -1.13. The van der Waals surface area contributed by atoms with E-state index in [0.29, 0.717) is 0 Å². The average molecular weight is 320 g/mol. The van der Waals surface area contributed by atoms with Crippen molar-refractivity contribution < 1.29 is 32.0 Å². The highest BCUT2D eigenvalue weighted by Gasteiger charge is 2.52. The Morgan fingerprint density at radius 3 is 2.05 bits per heavy atom. The van der Waals surface area contributed by atoms with Crippen LogP contribution in [0.3, 0.4) is 0 Å². The van der Waals surface area contributed by atoms with E-state index in [9.17, 15) is 22.7 Å². The molecule has 8 heteroatoms. The molecule has 1 N–H and O–H groups in total. The maximum atomic E-state index is 13.6. The predicted molar refractivity (Wildman–Crippen MR) is 73.5 cm³/mol. The number of hydrogen-bond donors (Lipinski definition) is 1. The first-order valence-electron chi connectivity index (χ1n) is 6.76. The van der Waals surface area contributed by atoms with Gasteiger partial charge >= 0.3 is 13.3 Å². The van der Waals surface area contributed by atoms with Crippen LogP contribution in [0, 0.1) is 5.82 Å². The van der Waals surface area contributed by atoms with Crippen LogP contribution in [0.1, 0.15) is 33.3 Å². The van der Waals surface area contributed by atoms with E-state index < -0.39 is 42.5 Å². The molecule has 0 atom stereocenters. The third kappa shape index (κ3) is 3.22. The summed E-state index contributed by atoms with van der Waals surface area (Å²) in [5, 5.41) is 9.35. The molecular weight excluding hydrogens is 303 g/mol. The minimum atomic E-state index is -4.50. The van der Waals surface area contributed by atoms with Gasteiger partial charge in [0.25, 0.3) is 0 Å². The van der Waals surface area contributed by atoms with Gasteiger partial charge in [0.15, 0.2) is 11.6 Å². The Hall–Kier alpha value is -1.28. The van der Waals surface area contributed by atoms with Crippen LogP contribution in [-0.2, 0) is 15.7 Å².